The first-order valence-electron chi connectivity index (χ1n) is 10.6. The van der Waals surface area contributed by atoms with E-state index in [9.17, 15) is 18.0 Å². The number of para-hydroxylation sites is 1. The molecule has 3 heterocycles. The average molecular weight is 441 g/mol. The van der Waals surface area contributed by atoms with Crippen molar-refractivity contribution in [1.29, 1.82) is 0 Å². The maximum absolute atomic E-state index is 13.0. The number of nitrogens with one attached hydrogen (secondary N) is 2. The second-order valence-corrected chi connectivity index (χ2v) is 8.28. The van der Waals surface area contributed by atoms with Gasteiger partial charge in [-0.2, -0.15) is 13.2 Å². The molecule has 0 spiro atoms. The number of pyridine rings is 1. The Hall–Kier alpha value is -3.36. The Kier molecular flexibility index (Phi) is 5.11. The van der Waals surface area contributed by atoms with E-state index in [1.165, 1.54) is 4.40 Å². The highest BCUT2D eigenvalue weighted by Gasteiger charge is 2.34. The molecule has 1 aromatic carbocycles. The smallest absolute Gasteiger partial charge is 0.368 e. The summed E-state index contributed by atoms with van der Waals surface area (Å²) in [4.78, 5) is 20.8. The molecule has 3 aromatic rings. The molecule has 1 saturated carbocycles. The molecule has 2 aromatic heterocycles. The highest BCUT2D eigenvalue weighted by atomic mass is 19.4. The number of imidazole rings is 1. The zero-order valence-corrected chi connectivity index (χ0v) is 17.1. The summed E-state index contributed by atoms with van der Waals surface area (Å²) in [6.07, 6.45) is 1.42. The van der Waals surface area contributed by atoms with E-state index in [2.05, 4.69) is 20.6 Å². The van der Waals surface area contributed by atoms with Gasteiger partial charge in [0.05, 0.1) is 5.69 Å². The Morgan fingerprint density at radius 2 is 1.75 bits per heavy atom. The van der Waals surface area contributed by atoms with E-state index in [1.807, 2.05) is 24.3 Å². The van der Waals surface area contributed by atoms with Gasteiger partial charge < -0.3 is 10.6 Å². The fraction of sp³-hybridized carbons (Fsp3) is 0.348. The van der Waals surface area contributed by atoms with E-state index in [0.717, 1.165) is 43.1 Å². The maximum Gasteiger partial charge on any atom is 0.434 e. The summed E-state index contributed by atoms with van der Waals surface area (Å²) < 4.78 is 40.5. The minimum atomic E-state index is -4.48. The molecule has 1 unspecified atom stereocenters. The van der Waals surface area contributed by atoms with Crippen LogP contribution < -0.4 is 10.6 Å². The van der Waals surface area contributed by atoms with Gasteiger partial charge in [0, 0.05) is 24.5 Å². The number of carbonyl (C=O) groups excluding carboxylic acids is 1. The standard InChI is InChI=1S/C23H22F3N5O/c24-23(25,26)19-13-31-20(6-3-7-21(31)30-19)28-14-8-10-15(11-9-14)29-22(32)17-12-27-18-5-2-1-4-16(17)18/h1-7,12-15,17,28H,8-11H2,(H,29,32)/t14-,15+,17?. The van der Waals surface area contributed by atoms with Crippen LogP contribution in [0.1, 0.15) is 42.9 Å². The minimum Gasteiger partial charge on any atom is -0.368 e. The van der Waals surface area contributed by atoms with Gasteiger partial charge in [0.15, 0.2) is 5.69 Å². The van der Waals surface area contributed by atoms with Gasteiger partial charge in [-0.05, 0) is 49.4 Å². The van der Waals surface area contributed by atoms with Crippen LogP contribution in [0.4, 0.5) is 24.7 Å². The molecule has 2 aliphatic rings. The molecular formula is C23H22F3N5O. The number of halogens is 3. The fourth-order valence-electron chi connectivity index (χ4n) is 4.46. The monoisotopic (exact) mass is 441 g/mol. The summed E-state index contributed by atoms with van der Waals surface area (Å²) in [5, 5.41) is 6.49. The lowest BCUT2D eigenvalue weighted by Crippen LogP contribution is -2.42. The number of aliphatic imine (C=N–C) groups is 1. The molecule has 0 radical (unpaired) electrons. The van der Waals surface area contributed by atoms with Gasteiger partial charge in [-0.1, -0.05) is 24.3 Å². The van der Waals surface area contributed by atoms with Crippen LogP contribution in [-0.4, -0.2) is 33.6 Å². The third-order valence-electron chi connectivity index (χ3n) is 6.13. The number of anilines is 1. The molecule has 166 valence electrons. The molecule has 1 atom stereocenters. The highest BCUT2D eigenvalue weighted by Crippen LogP contribution is 2.33. The number of hydrogen-bond acceptors (Lipinski definition) is 4. The van der Waals surface area contributed by atoms with Crippen LogP contribution in [0.5, 0.6) is 0 Å². The maximum atomic E-state index is 13.0. The Morgan fingerprint density at radius 1 is 1.00 bits per heavy atom. The number of nitrogens with zero attached hydrogens (tertiary/aromatic N) is 3. The fourth-order valence-corrected chi connectivity index (χ4v) is 4.46. The predicted octanol–water partition coefficient (Wildman–Crippen LogP) is 4.69. The number of fused-ring (bicyclic) bond motifs is 2. The molecule has 6 nitrogen and oxygen atoms in total. The van der Waals surface area contributed by atoms with E-state index in [-0.39, 0.29) is 29.6 Å². The molecule has 0 saturated heterocycles. The predicted molar refractivity (Wildman–Crippen MR) is 115 cm³/mol. The number of rotatable bonds is 4. The first-order chi connectivity index (χ1) is 15.4. The molecule has 1 amide bonds. The number of carbonyl (C=O) groups is 1. The first-order valence-corrected chi connectivity index (χ1v) is 10.6. The van der Waals surface area contributed by atoms with Gasteiger partial charge in [0.2, 0.25) is 5.91 Å². The van der Waals surface area contributed by atoms with Crippen LogP contribution >= 0.6 is 0 Å². The van der Waals surface area contributed by atoms with E-state index in [1.54, 1.807) is 24.4 Å². The SMILES string of the molecule is O=C(N[C@H]1CC[C@@H](Nc2cccc3nc(C(F)(F)F)cn23)CC1)C1C=Nc2ccccc21. The number of aromatic nitrogens is 2. The number of hydrogen-bond donors (Lipinski definition) is 2. The number of benzene rings is 1. The van der Waals surface area contributed by atoms with Crippen molar-refractivity contribution in [3.8, 4) is 0 Å². The summed E-state index contributed by atoms with van der Waals surface area (Å²) in [7, 11) is 0. The third kappa shape index (κ3) is 3.94. The van der Waals surface area contributed by atoms with Crippen LogP contribution in [0.2, 0.25) is 0 Å². The average Bonchev–Trinajstić information content (AvgIpc) is 3.40. The van der Waals surface area contributed by atoms with Crippen LogP contribution in [0.25, 0.3) is 5.65 Å². The third-order valence-corrected chi connectivity index (χ3v) is 6.13. The Morgan fingerprint density at radius 3 is 2.53 bits per heavy atom. The molecule has 32 heavy (non-hydrogen) atoms. The Balaban J connectivity index is 1.19. The summed E-state index contributed by atoms with van der Waals surface area (Å²) in [6, 6.07) is 12.8. The molecule has 1 aliphatic carbocycles. The van der Waals surface area contributed by atoms with Crippen molar-refractivity contribution in [3.63, 3.8) is 0 Å². The lowest BCUT2D eigenvalue weighted by Gasteiger charge is -2.31. The van der Waals surface area contributed by atoms with Crippen molar-refractivity contribution in [2.45, 2.75) is 49.9 Å². The van der Waals surface area contributed by atoms with Crippen molar-refractivity contribution in [3.05, 3.63) is 59.9 Å². The van der Waals surface area contributed by atoms with Gasteiger partial charge in [-0.3, -0.25) is 14.2 Å². The highest BCUT2D eigenvalue weighted by molar-refractivity contribution is 6.03. The van der Waals surface area contributed by atoms with Crippen LogP contribution in [0.3, 0.4) is 0 Å². The second-order valence-electron chi connectivity index (χ2n) is 8.28. The van der Waals surface area contributed by atoms with Gasteiger partial charge in [-0.15, -0.1) is 0 Å². The number of alkyl halides is 3. The first kappa shape index (κ1) is 20.5. The molecule has 9 heteroatoms. The molecular weight excluding hydrogens is 419 g/mol. The Bertz CT molecular complexity index is 1180. The lowest BCUT2D eigenvalue weighted by molar-refractivity contribution is -0.140. The van der Waals surface area contributed by atoms with E-state index in [4.69, 9.17) is 0 Å². The van der Waals surface area contributed by atoms with Crippen LogP contribution in [0.15, 0.2) is 53.7 Å². The van der Waals surface area contributed by atoms with Crippen LogP contribution in [0, 0.1) is 0 Å². The van der Waals surface area contributed by atoms with Crippen molar-refractivity contribution in [2.24, 2.45) is 4.99 Å². The van der Waals surface area contributed by atoms with E-state index < -0.39 is 11.9 Å². The van der Waals surface area contributed by atoms with Crippen molar-refractivity contribution >= 4 is 29.3 Å². The largest absolute Gasteiger partial charge is 0.434 e. The Labute approximate surface area is 182 Å². The second kappa shape index (κ2) is 7.96. The zero-order chi connectivity index (χ0) is 22.3. The van der Waals surface area contributed by atoms with Crippen molar-refractivity contribution in [2.75, 3.05) is 5.32 Å². The van der Waals surface area contributed by atoms with Crippen LogP contribution in [-0.2, 0) is 11.0 Å². The summed E-state index contributed by atoms with van der Waals surface area (Å²) in [6.45, 7) is 0. The molecule has 0 bridgehead atoms. The normalized spacial score (nSPS) is 22.7. The number of amides is 1. The van der Waals surface area contributed by atoms with Gasteiger partial charge in [0.1, 0.15) is 17.4 Å². The quantitative estimate of drug-likeness (QED) is 0.617. The van der Waals surface area contributed by atoms with Gasteiger partial charge in [0.25, 0.3) is 0 Å². The van der Waals surface area contributed by atoms with E-state index >= 15 is 0 Å². The van der Waals surface area contributed by atoms with Crippen molar-refractivity contribution in [1.82, 2.24) is 14.7 Å². The summed E-state index contributed by atoms with van der Waals surface area (Å²) in [5.74, 6) is 0.179. The topological polar surface area (TPSA) is 70.8 Å². The molecule has 2 N–H and O–H groups in total. The molecule has 1 aliphatic heterocycles. The van der Waals surface area contributed by atoms with E-state index in [0.29, 0.717) is 5.82 Å². The zero-order valence-electron chi connectivity index (χ0n) is 17.1. The summed E-state index contributed by atoms with van der Waals surface area (Å²) >= 11 is 0. The van der Waals surface area contributed by atoms with Gasteiger partial charge in [-0.25, -0.2) is 4.98 Å². The molecule has 5 rings (SSSR count). The van der Waals surface area contributed by atoms with Gasteiger partial charge >= 0.3 is 6.18 Å². The minimum absolute atomic E-state index is 0.0435. The summed E-state index contributed by atoms with van der Waals surface area (Å²) in [5.41, 5.74) is 1.10. The lowest BCUT2D eigenvalue weighted by atomic mass is 9.90. The van der Waals surface area contributed by atoms with Crippen molar-refractivity contribution < 1.29 is 18.0 Å². The molecule has 1 fully saturated rings.